The van der Waals surface area contributed by atoms with E-state index >= 15 is 0 Å². The molecule has 2 aromatic heterocycles. The first-order valence-corrected chi connectivity index (χ1v) is 6.38. The first kappa shape index (κ1) is 12.1. The summed E-state index contributed by atoms with van der Waals surface area (Å²) < 4.78 is 0. The summed E-state index contributed by atoms with van der Waals surface area (Å²) in [6.07, 6.45) is 0. The Morgan fingerprint density at radius 3 is 2.94 bits per heavy atom. The van der Waals surface area contributed by atoms with Crippen LogP contribution in [-0.4, -0.2) is 22.8 Å². The number of thiophene rings is 1. The van der Waals surface area contributed by atoms with Crippen LogP contribution in [0.5, 0.6) is 0 Å². The number of hydrogen-bond donors (Lipinski definition) is 0. The maximum absolute atomic E-state index is 12.0. The fraction of sp³-hybridized carbons (Fsp3) is 0.167. The molecule has 3 nitrogen and oxygen atoms in total. The molecule has 0 unspecified atom stereocenters. The van der Waals surface area contributed by atoms with Crippen molar-refractivity contribution in [1.82, 2.24) is 9.88 Å². The van der Waals surface area contributed by atoms with Crippen molar-refractivity contribution in [3.8, 4) is 0 Å². The molecule has 2 aromatic rings. The SMILES string of the molecule is CN(Cc1ccsc1)C(=O)c1cccc(Cl)n1. The molecule has 0 spiro atoms. The standard InChI is InChI=1S/C12H11ClN2OS/c1-15(7-9-5-6-17-8-9)12(16)10-3-2-4-11(13)14-10/h2-6,8H,7H2,1H3. The van der Waals surface area contributed by atoms with Gasteiger partial charge in [0.1, 0.15) is 10.8 Å². The van der Waals surface area contributed by atoms with Gasteiger partial charge in [-0.1, -0.05) is 17.7 Å². The largest absolute Gasteiger partial charge is 0.336 e. The molecule has 17 heavy (non-hydrogen) atoms. The van der Waals surface area contributed by atoms with Gasteiger partial charge in [0.25, 0.3) is 5.91 Å². The minimum Gasteiger partial charge on any atom is -0.336 e. The number of hydrogen-bond acceptors (Lipinski definition) is 3. The van der Waals surface area contributed by atoms with E-state index in [1.807, 2.05) is 16.8 Å². The summed E-state index contributed by atoms with van der Waals surface area (Å²) in [5, 5.41) is 4.35. The van der Waals surface area contributed by atoms with E-state index in [0.29, 0.717) is 17.4 Å². The Balaban J connectivity index is 2.09. The van der Waals surface area contributed by atoms with Gasteiger partial charge in [0.2, 0.25) is 0 Å². The van der Waals surface area contributed by atoms with Gasteiger partial charge in [0, 0.05) is 13.6 Å². The predicted molar refractivity (Wildman–Crippen MR) is 69.4 cm³/mol. The highest BCUT2D eigenvalue weighted by atomic mass is 35.5. The molecule has 0 bridgehead atoms. The van der Waals surface area contributed by atoms with Crippen LogP contribution in [0.25, 0.3) is 0 Å². The Morgan fingerprint density at radius 2 is 2.29 bits per heavy atom. The molecule has 0 saturated heterocycles. The summed E-state index contributed by atoms with van der Waals surface area (Å²) in [6, 6.07) is 7.04. The molecule has 0 saturated carbocycles. The summed E-state index contributed by atoms with van der Waals surface area (Å²) >= 11 is 7.37. The molecule has 88 valence electrons. The zero-order chi connectivity index (χ0) is 12.3. The lowest BCUT2D eigenvalue weighted by atomic mass is 10.3. The van der Waals surface area contributed by atoms with Crippen molar-refractivity contribution in [2.45, 2.75) is 6.54 Å². The van der Waals surface area contributed by atoms with Crippen LogP contribution in [0.2, 0.25) is 5.15 Å². The second kappa shape index (κ2) is 5.29. The van der Waals surface area contributed by atoms with Gasteiger partial charge in [-0.05, 0) is 34.5 Å². The Labute approximate surface area is 109 Å². The van der Waals surface area contributed by atoms with Gasteiger partial charge in [-0.15, -0.1) is 0 Å². The van der Waals surface area contributed by atoms with Gasteiger partial charge in [-0.25, -0.2) is 4.98 Å². The molecule has 2 rings (SSSR count). The van der Waals surface area contributed by atoms with E-state index in [0.717, 1.165) is 5.56 Å². The second-order valence-corrected chi connectivity index (χ2v) is 4.81. The highest BCUT2D eigenvalue weighted by Crippen LogP contribution is 2.11. The first-order valence-electron chi connectivity index (χ1n) is 5.06. The monoisotopic (exact) mass is 266 g/mol. The van der Waals surface area contributed by atoms with Crippen LogP contribution >= 0.6 is 22.9 Å². The van der Waals surface area contributed by atoms with Crippen molar-refractivity contribution in [1.29, 1.82) is 0 Å². The number of carbonyl (C=O) groups excluding carboxylic acids is 1. The maximum atomic E-state index is 12.0. The van der Waals surface area contributed by atoms with Crippen LogP contribution in [0.4, 0.5) is 0 Å². The molecule has 0 aliphatic carbocycles. The fourth-order valence-corrected chi connectivity index (χ4v) is 2.27. The van der Waals surface area contributed by atoms with Crippen molar-refractivity contribution in [2.75, 3.05) is 7.05 Å². The van der Waals surface area contributed by atoms with E-state index in [9.17, 15) is 4.79 Å². The van der Waals surface area contributed by atoms with Crippen molar-refractivity contribution < 1.29 is 4.79 Å². The topological polar surface area (TPSA) is 33.2 Å². The minimum atomic E-state index is -0.126. The van der Waals surface area contributed by atoms with Gasteiger partial charge >= 0.3 is 0 Å². The van der Waals surface area contributed by atoms with Crippen LogP contribution in [0.1, 0.15) is 16.1 Å². The van der Waals surface area contributed by atoms with Crippen LogP contribution in [0, 0.1) is 0 Å². The summed E-state index contributed by atoms with van der Waals surface area (Å²) in [5.74, 6) is -0.126. The number of halogens is 1. The number of rotatable bonds is 3. The molecule has 0 fully saturated rings. The van der Waals surface area contributed by atoms with Crippen molar-refractivity contribution >= 4 is 28.8 Å². The second-order valence-electron chi connectivity index (χ2n) is 3.64. The third kappa shape index (κ3) is 3.05. The Hall–Kier alpha value is -1.39. The minimum absolute atomic E-state index is 0.126. The van der Waals surface area contributed by atoms with E-state index < -0.39 is 0 Å². The quantitative estimate of drug-likeness (QED) is 0.800. The summed E-state index contributed by atoms with van der Waals surface area (Å²) in [5.41, 5.74) is 1.49. The molecular formula is C12H11ClN2OS. The molecule has 0 aromatic carbocycles. The number of amides is 1. The lowest BCUT2D eigenvalue weighted by Crippen LogP contribution is -2.26. The number of carbonyl (C=O) groups is 1. The van der Waals surface area contributed by atoms with Crippen LogP contribution in [-0.2, 0) is 6.54 Å². The fourth-order valence-electron chi connectivity index (χ4n) is 1.45. The Kier molecular flexibility index (Phi) is 3.76. The Morgan fingerprint density at radius 1 is 1.47 bits per heavy atom. The van der Waals surface area contributed by atoms with E-state index in [1.165, 1.54) is 0 Å². The summed E-state index contributed by atoms with van der Waals surface area (Å²) in [7, 11) is 1.75. The lowest BCUT2D eigenvalue weighted by Gasteiger charge is -2.15. The molecule has 0 aliphatic rings. The third-order valence-corrected chi connectivity index (χ3v) is 3.22. The lowest BCUT2D eigenvalue weighted by molar-refractivity contribution is 0.0779. The van der Waals surface area contributed by atoms with Gasteiger partial charge < -0.3 is 4.90 Å². The van der Waals surface area contributed by atoms with Gasteiger partial charge in [0.15, 0.2) is 0 Å². The summed E-state index contributed by atoms with van der Waals surface area (Å²) in [4.78, 5) is 17.7. The van der Waals surface area contributed by atoms with Crippen LogP contribution in [0.3, 0.4) is 0 Å². The highest BCUT2D eigenvalue weighted by Gasteiger charge is 2.13. The van der Waals surface area contributed by atoms with Crippen molar-refractivity contribution in [2.24, 2.45) is 0 Å². The molecular weight excluding hydrogens is 256 g/mol. The van der Waals surface area contributed by atoms with Gasteiger partial charge in [-0.3, -0.25) is 4.79 Å². The zero-order valence-electron chi connectivity index (χ0n) is 9.26. The number of pyridine rings is 1. The van der Waals surface area contributed by atoms with Crippen molar-refractivity contribution in [3.63, 3.8) is 0 Å². The molecule has 1 amide bonds. The van der Waals surface area contributed by atoms with E-state index in [-0.39, 0.29) is 5.91 Å². The molecule has 0 radical (unpaired) electrons. The summed E-state index contributed by atoms with van der Waals surface area (Å²) in [6.45, 7) is 0.580. The maximum Gasteiger partial charge on any atom is 0.272 e. The third-order valence-electron chi connectivity index (χ3n) is 2.28. The molecule has 2 heterocycles. The average Bonchev–Trinajstić information content (AvgIpc) is 2.80. The smallest absolute Gasteiger partial charge is 0.272 e. The van der Waals surface area contributed by atoms with Gasteiger partial charge in [0.05, 0.1) is 0 Å². The predicted octanol–water partition coefficient (Wildman–Crippen LogP) is 3.07. The molecule has 0 atom stereocenters. The van der Waals surface area contributed by atoms with Crippen molar-refractivity contribution in [3.05, 3.63) is 51.4 Å². The van der Waals surface area contributed by atoms with E-state index in [2.05, 4.69) is 4.98 Å². The molecule has 0 N–H and O–H groups in total. The average molecular weight is 267 g/mol. The number of aromatic nitrogens is 1. The van der Waals surface area contributed by atoms with Crippen LogP contribution < -0.4 is 0 Å². The highest BCUT2D eigenvalue weighted by molar-refractivity contribution is 7.07. The molecule has 5 heteroatoms. The Bertz CT molecular complexity index is 513. The van der Waals surface area contributed by atoms with E-state index in [4.69, 9.17) is 11.6 Å². The van der Waals surface area contributed by atoms with Crippen LogP contribution in [0.15, 0.2) is 35.0 Å². The normalized spacial score (nSPS) is 10.2. The van der Waals surface area contributed by atoms with E-state index in [1.54, 1.807) is 41.5 Å². The van der Waals surface area contributed by atoms with Gasteiger partial charge in [-0.2, -0.15) is 11.3 Å². The first-order chi connectivity index (χ1) is 8.16. The zero-order valence-corrected chi connectivity index (χ0v) is 10.8. The number of nitrogens with zero attached hydrogens (tertiary/aromatic N) is 2. The molecule has 0 aliphatic heterocycles.